The van der Waals surface area contributed by atoms with Crippen LogP contribution < -0.4 is 11.1 Å². The second-order valence-electron chi connectivity index (χ2n) is 3.64. The fourth-order valence-corrected chi connectivity index (χ4v) is 1.40. The molecule has 82 valence electrons. The molecule has 0 spiro atoms. The van der Waals surface area contributed by atoms with Crippen molar-refractivity contribution in [3.05, 3.63) is 28.8 Å². The maximum atomic E-state index is 5.90. The lowest BCUT2D eigenvalue weighted by atomic mass is 10.1. The van der Waals surface area contributed by atoms with E-state index in [1.807, 2.05) is 32.0 Å². The lowest BCUT2D eigenvalue weighted by Crippen LogP contribution is -2.25. The highest BCUT2D eigenvalue weighted by atomic mass is 35.5. The number of hydrogen-bond donors (Lipinski definition) is 2. The zero-order valence-electron chi connectivity index (χ0n) is 8.88. The third-order valence-corrected chi connectivity index (χ3v) is 2.92. The molecule has 3 N–H and O–H groups in total. The molecule has 0 aliphatic carbocycles. The summed E-state index contributed by atoms with van der Waals surface area (Å²) in [5.74, 6) is 0.179. The average molecular weight is 243 g/mol. The van der Waals surface area contributed by atoms with E-state index in [-0.39, 0.29) is 5.92 Å². The van der Waals surface area contributed by atoms with Crippen molar-refractivity contribution >= 4 is 34.5 Å². The van der Waals surface area contributed by atoms with Gasteiger partial charge < -0.3 is 11.1 Å². The first-order valence-electron chi connectivity index (χ1n) is 4.80. The van der Waals surface area contributed by atoms with Crippen LogP contribution in [-0.2, 0) is 0 Å². The van der Waals surface area contributed by atoms with Gasteiger partial charge in [-0.25, -0.2) is 0 Å². The third-order valence-electron chi connectivity index (χ3n) is 2.28. The van der Waals surface area contributed by atoms with Crippen LogP contribution in [0, 0.1) is 12.8 Å². The fourth-order valence-electron chi connectivity index (χ4n) is 1.15. The van der Waals surface area contributed by atoms with Crippen LogP contribution in [0.25, 0.3) is 0 Å². The van der Waals surface area contributed by atoms with E-state index in [2.05, 4.69) is 5.32 Å². The van der Waals surface area contributed by atoms with Gasteiger partial charge in [0.2, 0.25) is 0 Å². The van der Waals surface area contributed by atoms with Crippen LogP contribution >= 0.6 is 23.8 Å². The van der Waals surface area contributed by atoms with Gasteiger partial charge in [0.15, 0.2) is 0 Å². The van der Waals surface area contributed by atoms with Crippen molar-refractivity contribution in [2.45, 2.75) is 13.8 Å². The summed E-state index contributed by atoms with van der Waals surface area (Å²) < 4.78 is 0. The number of nitrogens with two attached hydrogens (primary N) is 1. The molecule has 0 saturated heterocycles. The van der Waals surface area contributed by atoms with E-state index in [1.165, 1.54) is 0 Å². The van der Waals surface area contributed by atoms with E-state index in [9.17, 15) is 0 Å². The highest BCUT2D eigenvalue weighted by molar-refractivity contribution is 7.80. The second kappa shape index (κ2) is 5.33. The molecule has 1 atom stereocenters. The molecule has 1 aromatic carbocycles. The molecule has 0 aliphatic rings. The average Bonchev–Trinajstić information content (AvgIpc) is 2.18. The summed E-state index contributed by atoms with van der Waals surface area (Å²) in [6.45, 7) is 4.76. The van der Waals surface area contributed by atoms with Crippen LogP contribution in [0.3, 0.4) is 0 Å². The SMILES string of the molecule is Cc1ccc(Cl)cc1NCC(C)C(N)=S. The summed E-state index contributed by atoms with van der Waals surface area (Å²) in [6, 6.07) is 5.76. The van der Waals surface area contributed by atoms with Gasteiger partial charge in [-0.1, -0.05) is 36.8 Å². The van der Waals surface area contributed by atoms with Crippen LogP contribution in [0.5, 0.6) is 0 Å². The van der Waals surface area contributed by atoms with E-state index in [0.717, 1.165) is 22.8 Å². The summed E-state index contributed by atoms with van der Waals surface area (Å²) >= 11 is 10.8. The minimum Gasteiger partial charge on any atom is -0.393 e. The first-order valence-corrected chi connectivity index (χ1v) is 5.58. The molecule has 0 radical (unpaired) electrons. The van der Waals surface area contributed by atoms with Gasteiger partial charge in [0.1, 0.15) is 0 Å². The standard InChI is InChI=1S/C11H15ClN2S/c1-7-3-4-9(12)5-10(7)14-6-8(2)11(13)15/h3-5,8,14H,6H2,1-2H3,(H2,13,15). The third kappa shape index (κ3) is 3.68. The summed E-state index contributed by atoms with van der Waals surface area (Å²) in [7, 11) is 0. The maximum absolute atomic E-state index is 5.90. The van der Waals surface area contributed by atoms with Crippen LogP contribution in [0.2, 0.25) is 5.02 Å². The van der Waals surface area contributed by atoms with Crippen LogP contribution in [0.15, 0.2) is 18.2 Å². The van der Waals surface area contributed by atoms with Gasteiger partial charge in [0.05, 0.1) is 4.99 Å². The van der Waals surface area contributed by atoms with Crippen molar-refractivity contribution < 1.29 is 0 Å². The molecular weight excluding hydrogens is 228 g/mol. The smallest absolute Gasteiger partial charge is 0.0773 e. The molecule has 1 aromatic rings. The monoisotopic (exact) mass is 242 g/mol. The van der Waals surface area contributed by atoms with E-state index in [0.29, 0.717) is 4.99 Å². The minimum absolute atomic E-state index is 0.179. The molecule has 4 heteroatoms. The molecule has 2 nitrogen and oxygen atoms in total. The van der Waals surface area contributed by atoms with Crippen molar-refractivity contribution in [2.75, 3.05) is 11.9 Å². The largest absolute Gasteiger partial charge is 0.393 e. The molecule has 0 heterocycles. The Balaban J connectivity index is 2.65. The maximum Gasteiger partial charge on any atom is 0.0773 e. The Morgan fingerprint density at radius 1 is 1.60 bits per heavy atom. The second-order valence-corrected chi connectivity index (χ2v) is 4.55. The molecule has 0 bridgehead atoms. The van der Waals surface area contributed by atoms with Gasteiger partial charge in [-0.3, -0.25) is 0 Å². The van der Waals surface area contributed by atoms with Gasteiger partial charge in [-0.2, -0.15) is 0 Å². The van der Waals surface area contributed by atoms with Gasteiger partial charge in [0.25, 0.3) is 0 Å². The lowest BCUT2D eigenvalue weighted by molar-refractivity contribution is 0.820. The number of halogens is 1. The normalized spacial score (nSPS) is 12.2. The Kier molecular flexibility index (Phi) is 4.36. The van der Waals surface area contributed by atoms with Gasteiger partial charge >= 0.3 is 0 Å². The van der Waals surface area contributed by atoms with Crippen LogP contribution in [0.1, 0.15) is 12.5 Å². The molecule has 0 fully saturated rings. The lowest BCUT2D eigenvalue weighted by Gasteiger charge is -2.14. The zero-order valence-corrected chi connectivity index (χ0v) is 10.5. The van der Waals surface area contributed by atoms with Gasteiger partial charge in [-0.05, 0) is 24.6 Å². The fraction of sp³-hybridized carbons (Fsp3) is 0.364. The topological polar surface area (TPSA) is 38.0 Å². The Morgan fingerprint density at radius 3 is 2.87 bits per heavy atom. The summed E-state index contributed by atoms with van der Waals surface area (Å²) in [5, 5.41) is 4.01. The van der Waals surface area contributed by atoms with Crippen molar-refractivity contribution in [1.82, 2.24) is 0 Å². The van der Waals surface area contributed by atoms with Crippen LogP contribution in [-0.4, -0.2) is 11.5 Å². The molecule has 0 amide bonds. The Morgan fingerprint density at radius 2 is 2.27 bits per heavy atom. The number of thiocarbonyl (C=S) groups is 1. The number of rotatable bonds is 4. The highest BCUT2D eigenvalue weighted by Gasteiger charge is 2.05. The molecule has 0 aromatic heterocycles. The number of benzene rings is 1. The Hall–Kier alpha value is -0.800. The van der Waals surface area contributed by atoms with Crippen LogP contribution in [0.4, 0.5) is 5.69 Å². The quantitative estimate of drug-likeness (QED) is 0.798. The number of anilines is 1. The molecule has 1 rings (SSSR count). The predicted octanol–water partition coefficient (Wildman–Crippen LogP) is 2.98. The van der Waals surface area contributed by atoms with Crippen molar-refractivity contribution in [1.29, 1.82) is 0 Å². The van der Waals surface area contributed by atoms with Crippen molar-refractivity contribution in [3.8, 4) is 0 Å². The van der Waals surface area contributed by atoms with Gasteiger partial charge in [-0.15, -0.1) is 0 Å². The van der Waals surface area contributed by atoms with E-state index in [4.69, 9.17) is 29.6 Å². The van der Waals surface area contributed by atoms with Crippen molar-refractivity contribution in [3.63, 3.8) is 0 Å². The predicted molar refractivity (Wildman–Crippen MR) is 70.6 cm³/mol. The summed E-state index contributed by atoms with van der Waals surface area (Å²) in [4.78, 5) is 0.530. The Labute approximate surface area is 101 Å². The number of nitrogens with one attached hydrogen (secondary N) is 1. The number of aryl methyl sites for hydroxylation is 1. The highest BCUT2D eigenvalue weighted by Crippen LogP contribution is 2.20. The molecule has 1 unspecified atom stereocenters. The minimum atomic E-state index is 0.179. The zero-order chi connectivity index (χ0) is 11.4. The van der Waals surface area contributed by atoms with Gasteiger partial charge in [0, 0.05) is 23.2 Å². The Bertz CT molecular complexity index is 366. The first-order chi connectivity index (χ1) is 7.00. The molecule has 0 saturated carbocycles. The molecule has 0 aliphatic heterocycles. The summed E-state index contributed by atoms with van der Waals surface area (Å²) in [6.07, 6.45) is 0. The molecule has 15 heavy (non-hydrogen) atoms. The number of hydrogen-bond acceptors (Lipinski definition) is 2. The van der Waals surface area contributed by atoms with Crippen molar-refractivity contribution in [2.24, 2.45) is 11.7 Å². The summed E-state index contributed by atoms with van der Waals surface area (Å²) in [5.41, 5.74) is 7.73. The van der Waals surface area contributed by atoms with E-state index < -0.39 is 0 Å². The first kappa shape index (κ1) is 12.3. The van der Waals surface area contributed by atoms with E-state index >= 15 is 0 Å². The van der Waals surface area contributed by atoms with E-state index in [1.54, 1.807) is 0 Å². The molecular formula is C11H15ClN2S.